The molecule has 0 saturated heterocycles. The number of nitrogens with one attached hydrogen (secondary N) is 1. The van der Waals surface area contributed by atoms with Crippen molar-refractivity contribution in [3.8, 4) is 5.75 Å². The zero-order valence-corrected chi connectivity index (χ0v) is 18.7. The summed E-state index contributed by atoms with van der Waals surface area (Å²) >= 11 is 0. The van der Waals surface area contributed by atoms with E-state index in [1.165, 1.54) is 26.2 Å². The van der Waals surface area contributed by atoms with Crippen molar-refractivity contribution >= 4 is 21.8 Å². The van der Waals surface area contributed by atoms with E-state index in [0.717, 1.165) is 37.6 Å². The summed E-state index contributed by atoms with van der Waals surface area (Å²) in [5, 5.41) is 2.89. The van der Waals surface area contributed by atoms with E-state index < -0.39 is 28.5 Å². The fraction of sp³-hybridized carbons (Fsp3) is 0.381. The number of rotatable bonds is 9. The monoisotopic (exact) mass is 437 g/mol. The van der Waals surface area contributed by atoms with Gasteiger partial charge in [-0.05, 0) is 54.8 Å². The third-order valence-electron chi connectivity index (χ3n) is 4.71. The molecule has 0 aromatic heterocycles. The second-order valence-electron chi connectivity index (χ2n) is 7.03. The van der Waals surface area contributed by atoms with Crippen LogP contribution in [-0.2, 0) is 15.0 Å². The lowest BCUT2D eigenvalue weighted by molar-refractivity contribution is -0.120. The smallest absolute Gasteiger partial charge is 0.304 e. The van der Waals surface area contributed by atoms with E-state index in [2.05, 4.69) is 5.32 Å². The second kappa shape index (κ2) is 9.90. The average molecular weight is 438 g/mol. The quantitative estimate of drug-likeness (QED) is 0.654. The summed E-state index contributed by atoms with van der Waals surface area (Å²) in [6, 6.07) is 10.3. The third kappa shape index (κ3) is 5.48. The van der Waals surface area contributed by atoms with Gasteiger partial charge in [-0.3, -0.25) is 4.79 Å². The van der Waals surface area contributed by atoms with Crippen LogP contribution in [0, 0.1) is 12.7 Å². The molecular weight excluding hydrogens is 409 g/mol. The molecule has 0 radical (unpaired) electrons. The van der Waals surface area contributed by atoms with E-state index in [1.807, 2.05) is 32.0 Å². The number of hydrogen-bond acceptors (Lipinski definition) is 4. The molecule has 0 saturated carbocycles. The molecule has 2 rings (SSSR count). The summed E-state index contributed by atoms with van der Waals surface area (Å²) < 4.78 is 46.0. The van der Waals surface area contributed by atoms with Gasteiger partial charge in [-0.25, -0.2) is 8.70 Å². The van der Waals surface area contributed by atoms with Crippen molar-refractivity contribution < 1.29 is 22.3 Å². The minimum absolute atomic E-state index is 0.202. The average Bonchev–Trinajstić information content (AvgIpc) is 2.70. The zero-order chi connectivity index (χ0) is 22.5. The van der Waals surface area contributed by atoms with Crippen molar-refractivity contribution in [1.29, 1.82) is 0 Å². The van der Waals surface area contributed by atoms with Crippen molar-refractivity contribution in [3.63, 3.8) is 0 Å². The second-order valence-corrected chi connectivity index (χ2v) is 9.10. The molecule has 0 aliphatic rings. The van der Waals surface area contributed by atoms with Crippen molar-refractivity contribution in [3.05, 3.63) is 59.4 Å². The summed E-state index contributed by atoms with van der Waals surface area (Å²) in [7, 11) is 0.385. The highest BCUT2D eigenvalue weighted by molar-refractivity contribution is 7.90. The standard InChI is InChI=1S/C21H28FN3O4S/c1-6-19(16-7-12-20(29-5)15(2)13-16)23-21(26)14-25(30(27,28)24(3)4)18-10-8-17(22)9-11-18/h7-13,19H,6,14H2,1-5H3,(H,23,26). The normalized spacial score (nSPS) is 12.5. The maximum atomic E-state index is 13.3. The van der Waals surface area contributed by atoms with Gasteiger partial charge >= 0.3 is 10.2 Å². The lowest BCUT2D eigenvalue weighted by Crippen LogP contribution is -2.46. The highest BCUT2D eigenvalue weighted by Crippen LogP contribution is 2.25. The van der Waals surface area contributed by atoms with Crippen LogP contribution in [0.2, 0.25) is 0 Å². The van der Waals surface area contributed by atoms with Crippen LogP contribution in [0.25, 0.3) is 0 Å². The van der Waals surface area contributed by atoms with Gasteiger partial charge in [0, 0.05) is 14.1 Å². The number of aryl methyl sites for hydroxylation is 1. The van der Waals surface area contributed by atoms with Crippen LogP contribution in [-0.4, -0.2) is 46.4 Å². The molecule has 7 nitrogen and oxygen atoms in total. The molecule has 0 heterocycles. The Morgan fingerprint density at radius 2 is 1.80 bits per heavy atom. The van der Waals surface area contributed by atoms with Crippen LogP contribution in [0.1, 0.15) is 30.5 Å². The number of carbonyl (C=O) groups excluding carboxylic acids is 1. The molecule has 1 N–H and O–H groups in total. The Morgan fingerprint density at radius 1 is 1.17 bits per heavy atom. The molecule has 2 aromatic rings. The predicted octanol–water partition coefficient (Wildman–Crippen LogP) is 3.02. The molecule has 1 unspecified atom stereocenters. The molecule has 0 fully saturated rings. The zero-order valence-electron chi connectivity index (χ0n) is 17.8. The number of carbonyl (C=O) groups is 1. The van der Waals surface area contributed by atoms with Gasteiger partial charge in [0.05, 0.1) is 18.8 Å². The Labute approximate surface area is 177 Å². The maximum Gasteiger partial charge on any atom is 0.304 e. The first-order valence-electron chi connectivity index (χ1n) is 9.49. The molecule has 0 bridgehead atoms. The molecule has 1 amide bonds. The fourth-order valence-corrected chi connectivity index (χ4v) is 4.08. The predicted molar refractivity (Wildman–Crippen MR) is 115 cm³/mol. The molecule has 164 valence electrons. The van der Waals surface area contributed by atoms with Gasteiger partial charge < -0.3 is 10.1 Å². The van der Waals surface area contributed by atoms with E-state index in [0.29, 0.717) is 6.42 Å². The van der Waals surface area contributed by atoms with Crippen LogP contribution in [0.3, 0.4) is 0 Å². The summed E-state index contributed by atoms with van der Waals surface area (Å²) in [6.45, 7) is 3.41. The van der Waals surface area contributed by atoms with Gasteiger partial charge in [0.15, 0.2) is 0 Å². The topological polar surface area (TPSA) is 79.0 Å². The van der Waals surface area contributed by atoms with Gasteiger partial charge in [0.25, 0.3) is 0 Å². The largest absolute Gasteiger partial charge is 0.496 e. The Hall–Kier alpha value is -2.65. The van der Waals surface area contributed by atoms with E-state index in [1.54, 1.807) is 7.11 Å². The van der Waals surface area contributed by atoms with Crippen LogP contribution in [0.5, 0.6) is 5.75 Å². The lowest BCUT2D eigenvalue weighted by atomic mass is 10.0. The Balaban J connectivity index is 2.26. The molecule has 9 heteroatoms. The Bertz CT molecular complexity index is 978. The van der Waals surface area contributed by atoms with Crippen molar-refractivity contribution in [1.82, 2.24) is 9.62 Å². The first kappa shape index (κ1) is 23.6. The van der Waals surface area contributed by atoms with Crippen LogP contribution >= 0.6 is 0 Å². The number of hydrogen-bond donors (Lipinski definition) is 1. The third-order valence-corrected chi connectivity index (χ3v) is 6.53. The number of nitrogens with zero attached hydrogens (tertiary/aromatic N) is 2. The maximum absolute atomic E-state index is 13.3. The molecule has 0 aliphatic carbocycles. The van der Waals surface area contributed by atoms with Gasteiger partial charge in [0.1, 0.15) is 18.1 Å². The minimum Gasteiger partial charge on any atom is -0.496 e. The molecule has 30 heavy (non-hydrogen) atoms. The van der Waals surface area contributed by atoms with Crippen molar-refractivity contribution in [2.24, 2.45) is 0 Å². The van der Waals surface area contributed by atoms with Crippen molar-refractivity contribution in [2.75, 3.05) is 32.1 Å². The van der Waals surface area contributed by atoms with E-state index in [-0.39, 0.29) is 11.7 Å². The SMILES string of the molecule is CCC(NC(=O)CN(c1ccc(F)cc1)S(=O)(=O)N(C)C)c1ccc(OC)c(C)c1. The number of ether oxygens (including phenoxy) is 1. The van der Waals surface area contributed by atoms with Crippen LogP contribution in [0.15, 0.2) is 42.5 Å². The van der Waals surface area contributed by atoms with Gasteiger partial charge in [-0.2, -0.15) is 12.7 Å². The highest BCUT2D eigenvalue weighted by atomic mass is 32.2. The van der Waals surface area contributed by atoms with Gasteiger partial charge in [-0.15, -0.1) is 0 Å². The molecule has 0 spiro atoms. The van der Waals surface area contributed by atoms with Gasteiger partial charge in [-0.1, -0.05) is 19.1 Å². The number of anilines is 1. The number of halogens is 1. The van der Waals surface area contributed by atoms with Crippen molar-refractivity contribution in [2.45, 2.75) is 26.3 Å². The summed E-state index contributed by atoms with van der Waals surface area (Å²) in [5.41, 5.74) is 2.03. The Morgan fingerprint density at radius 3 is 2.30 bits per heavy atom. The van der Waals surface area contributed by atoms with E-state index in [9.17, 15) is 17.6 Å². The summed E-state index contributed by atoms with van der Waals surface area (Å²) in [6.07, 6.45) is 0.620. The fourth-order valence-electron chi connectivity index (χ4n) is 3.02. The highest BCUT2D eigenvalue weighted by Gasteiger charge is 2.28. The number of amides is 1. The Kier molecular flexibility index (Phi) is 7.80. The molecule has 2 aromatic carbocycles. The van der Waals surface area contributed by atoms with Crippen LogP contribution < -0.4 is 14.4 Å². The van der Waals surface area contributed by atoms with Crippen LogP contribution in [0.4, 0.5) is 10.1 Å². The van der Waals surface area contributed by atoms with Gasteiger partial charge in [0.2, 0.25) is 5.91 Å². The first-order valence-corrected chi connectivity index (χ1v) is 10.9. The molecule has 1 atom stereocenters. The minimum atomic E-state index is -3.96. The molecular formula is C21H28FN3O4S. The number of benzene rings is 2. The summed E-state index contributed by atoms with van der Waals surface area (Å²) in [4.78, 5) is 12.8. The molecule has 0 aliphatic heterocycles. The van der Waals surface area contributed by atoms with E-state index in [4.69, 9.17) is 4.74 Å². The van der Waals surface area contributed by atoms with E-state index >= 15 is 0 Å². The summed E-state index contributed by atoms with van der Waals surface area (Å²) in [5.74, 6) is -0.212. The lowest BCUT2D eigenvalue weighted by Gasteiger charge is -2.28. The number of methoxy groups -OCH3 is 1. The first-order chi connectivity index (χ1) is 14.1.